The number of imidazole rings is 1. The van der Waals surface area contributed by atoms with Gasteiger partial charge in [-0.05, 0) is 34.7 Å². The number of benzene rings is 1. The molecule has 0 aliphatic carbocycles. The first-order valence-electron chi connectivity index (χ1n) is 5.84. The molecule has 102 valence electrons. The molecule has 7 heteroatoms. The van der Waals surface area contributed by atoms with Gasteiger partial charge in [-0.1, -0.05) is 6.07 Å². The van der Waals surface area contributed by atoms with E-state index in [0.717, 1.165) is 3.57 Å². The van der Waals surface area contributed by atoms with Crippen molar-refractivity contribution in [1.82, 2.24) is 14.5 Å². The minimum absolute atomic E-state index is 0.0173. The summed E-state index contributed by atoms with van der Waals surface area (Å²) in [6.45, 7) is 0.214. The van der Waals surface area contributed by atoms with Gasteiger partial charge >= 0.3 is 5.97 Å². The number of carbonyl (C=O) groups excluding carboxylic acids is 1. The number of fused-ring (bicyclic) bond motifs is 3. The number of carboxylic acid groups (broad SMARTS) is 1. The van der Waals surface area contributed by atoms with Crippen LogP contribution in [-0.4, -0.2) is 38.5 Å². The highest BCUT2D eigenvalue weighted by Gasteiger charge is 2.29. The van der Waals surface area contributed by atoms with Gasteiger partial charge in [0, 0.05) is 10.6 Å². The Hall–Kier alpha value is -1.90. The van der Waals surface area contributed by atoms with E-state index in [1.807, 2.05) is 12.1 Å². The van der Waals surface area contributed by atoms with Gasteiger partial charge in [0.15, 0.2) is 5.69 Å². The van der Waals surface area contributed by atoms with E-state index < -0.39 is 5.97 Å². The second kappa shape index (κ2) is 4.58. The fourth-order valence-corrected chi connectivity index (χ4v) is 3.04. The molecule has 1 aliphatic rings. The molecule has 6 nitrogen and oxygen atoms in total. The van der Waals surface area contributed by atoms with Crippen molar-refractivity contribution in [1.29, 1.82) is 0 Å². The second-order valence-electron chi connectivity index (χ2n) is 4.51. The highest BCUT2D eigenvalue weighted by Crippen LogP contribution is 2.28. The van der Waals surface area contributed by atoms with Crippen LogP contribution in [0.15, 0.2) is 24.5 Å². The maximum Gasteiger partial charge on any atom is 0.356 e. The quantitative estimate of drug-likeness (QED) is 0.762. The number of rotatable bonds is 1. The van der Waals surface area contributed by atoms with Crippen LogP contribution in [0.1, 0.15) is 26.5 Å². The molecule has 2 aromatic rings. The van der Waals surface area contributed by atoms with Crippen LogP contribution in [0.5, 0.6) is 0 Å². The average molecular weight is 383 g/mol. The zero-order chi connectivity index (χ0) is 14.4. The smallest absolute Gasteiger partial charge is 0.356 e. The van der Waals surface area contributed by atoms with Crippen molar-refractivity contribution < 1.29 is 14.7 Å². The molecule has 0 fully saturated rings. The summed E-state index contributed by atoms with van der Waals surface area (Å²) in [5.41, 5.74) is 1.73. The summed E-state index contributed by atoms with van der Waals surface area (Å²) in [4.78, 5) is 29.1. The molecular formula is C13H10IN3O3. The molecule has 0 unspecified atom stereocenters. The average Bonchev–Trinajstić information content (AvgIpc) is 2.77. The van der Waals surface area contributed by atoms with Crippen molar-refractivity contribution in [2.24, 2.45) is 0 Å². The van der Waals surface area contributed by atoms with Gasteiger partial charge in [-0.3, -0.25) is 9.36 Å². The first-order valence-corrected chi connectivity index (χ1v) is 6.92. The third-order valence-corrected chi connectivity index (χ3v) is 4.17. The Bertz CT molecular complexity index is 738. The number of aromatic nitrogens is 2. The number of aromatic carboxylic acids is 1. The lowest BCUT2D eigenvalue weighted by molar-refractivity contribution is 0.0683. The van der Waals surface area contributed by atoms with Crippen molar-refractivity contribution in [3.63, 3.8) is 0 Å². The Kier molecular flexibility index (Phi) is 3.00. The molecule has 1 aliphatic heterocycles. The highest BCUT2D eigenvalue weighted by atomic mass is 127. The summed E-state index contributed by atoms with van der Waals surface area (Å²) in [7, 11) is 1.66. The van der Waals surface area contributed by atoms with E-state index in [1.165, 1.54) is 11.2 Å². The molecule has 0 bridgehead atoms. The maximum atomic E-state index is 12.4. The van der Waals surface area contributed by atoms with Crippen LogP contribution in [0.2, 0.25) is 0 Å². The Balaban J connectivity index is 2.35. The number of amides is 1. The van der Waals surface area contributed by atoms with E-state index in [2.05, 4.69) is 27.6 Å². The van der Waals surface area contributed by atoms with Crippen molar-refractivity contribution in [3.05, 3.63) is 45.0 Å². The molecule has 1 aromatic carbocycles. The molecule has 0 atom stereocenters. The van der Waals surface area contributed by atoms with E-state index in [-0.39, 0.29) is 18.1 Å². The SMILES string of the molecule is CN1Cc2c(C(=O)O)ncn2-c2cccc(I)c2C1=O. The number of hydrogen-bond acceptors (Lipinski definition) is 3. The van der Waals surface area contributed by atoms with Gasteiger partial charge in [0.25, 0.3) is 5.91 Å². The van der Waals surface area contributed by atoms with E-state index in [0.29, 0.717) is 16.9 Å². The zero-order valence-electron chi connectivity index (χ0n) is 10.5. The van der Waals surface area contributed by atoms with Crippen LogP contribution in [-0.2, 0) is 6.54 Å². The molecule has 3 rings (SSSR count). The number of nitrogens with zero attached hydrogens (tertiary/aromatic N) is 3. The summed E-state index contributed by atoms with van der Waals surface area (Å²) >= 11 is 2.11. The van der Waals surface area contributed by atoms with Gasteiger partial charge in [-0.25, -0.2) is 9.78 Å². The number of carbonyl (C=O) groups is 2. The predicted octanol–water partition coefficient (Wildman–Crippen LogP) is 1.76. The Morgan fingerprint density at radius 2 is 2.20 bits per heavy atom. The predicted molar refractivity (Wildman–Crippen MR) is 79.0 cm³/mol. The number of carboxylic acids is 1. The largest absolute Gasteiger partial charge is 0.476 e. The van der Waals surface area contributed by atoms with Crippen molar-refractivity contribution in [2.45, 2.75) is 6.54 Å². The standard InChI is InChI=1S/C13H10IN3O3/c1-16-5-9-11(13(19)20)15-6-17(9)8-4-2-3-7(14)10(8)12(16)18/h2-4,6H,5H2,1H3,(H,19,20). The van der Waals surface area contributed by atoms with Gasteiger partial charge in [-0.15, -0.1) is 0 Å². The lowest BCUT2D eigenvalue weighted by Gasteiger charge is -2.14. The van der Waals surface area contributed by atoms with E-state index in [4.69, 9.17) is 0 Å². The van der Waals surface area contributed by atoms with Gasteiger partial charge in [-0.2, -0.15) is 0 Å². The third kappa shape index (κ3) is 1.80. The van der Waals surface area contributed by atoms with Gasteiger partial charge in [0.1, 0.15) is 6.33 Å². The Morgan fingerprint density at radius 1 is 1.45 bits per heavy atom. The fraction of sp³-hybridized carbons (Fsp3) is 0.154. The lowest BCUT2D eigenvalue weighted by atomic mass is 10.1. The molecule has 0 spiro atoms. The van der Waals surface area contributed by atoms with E-state index in [9.17, 15) is 14.7 Å². The Labute approximate surface area is 128 Å². The normalized spacial score (nSPS) is 13.7. The first-order chi connectivity index (χ1) is 9.50. The highest BCUT2D eigenvalue weighted by molar-refractivity contribution is 14.1. The maximum absolute atomic E-state index is 12.4. The van der Waals surface area contributed by atoms with E-state index >= 15 is 0 Å². The summed E-state index contributed by atoms with van der Waals surface area (Å²) in [5, 5.41) is 9.20. The summed E-state index contributed by atoms with van der Waals surface area (Å²) in [6, 6.07) is 5.49. The molecule has 1 amide bonds. The van der Waals surface area contributed by atoms with Crippen LogP contribution in [0.3, 0.4) is 0 Å². The third-order valence-electron chi connectivity index (χ3n) is 3.27. The topological polar surface area (TPSA) is 75.4 Å². The number of halogens is 1. The van der Waals surface area contributed by atoms with E-state index in [1.54, 1.807) is 17.7 Å². The zero-order valence-corrected chi connectivity index (χ0v) is 12.7. The van der Waals surface area contributed by atoms with Crippen molar-refractivity contribution in [2.75, 3.05) is 7.05 Å². The minimum atomic E-state index is -1.09. The van der Waals surface area contributed by atoms with Crippen LogP contribution in [0.4, 0.5) is 0 Å². The van der Waals surface area contributed by atoms with Crippen LogP contribution in [0, 0.1) is 3.57 Å². The van der Waals surface area contributed by atoms with Gasteiger partial charge in [0.2, 0.25) is 0 Å². The Morgan fingerprint density at radius 3 is 2.90 bits per heavy atom. The summed E-state index contributed by atoms with van der Waals surface area (Å²) < 4.78 is 2.51. The number of hydrogen-bond donors (Lipinski definition) is 1. The second-order valence-corrected chi connectivity index (χ2v) is 5.67. The molecule has 1 N–H and O–H groups in total. The van der Waals surface area contributed by atoms with Crippen molar-refractivity contribution in [3.8, 4) is 5.69 Å². The molecular weight excluding hydrogens is 373 g/mol. The fourth-order valence-electron chi connectivity index (χ4n) is 2.32. The summed E-state index contributed by atoms with van der Waals surface area (Å²) in [5.74, 6) is -1.21. The minimum Gasteiger partial charge on any atom is -0.476 e. The van der Waals surface area contributed by atoms with Crippen LogP contribution < -0.4 is 0 Å². The molecule has 0 radical (unpaired) electrons. The van der Waals surface area contributed by atoms with Crippen LogP contribution >= 0.6 is 22.6 Å². The molecule has 1 aromatic heterocycles. The molecule has 0 saturated carbocycles. The molecule has 20 heavy (non-hydrogen) atoms. The van der Waals surface area contributed by atoms with Crippen LogP contribution in [0.25, 0.3) is 5.69 Å². The van der Waals surface area contributed by atoms with Gasteiger partial charge < -0.3 is 10.0 Å². The molecule has 2 heterocycles. The lowest BCUT2D eigenvalue weighted by Crippen LogP contribution is -2.26. The summed E-state index contributed by atoms with van der Waals surface area (Å²) in [6.07, 6.45) is 1.46. The molecule has 0 saturated heterocycles. The monoisotopic (exact) mass is 383 g/mol. The first kappa shape index (κ1) is 13.1. The van der Waals surface area contributed by atoms with Crippen molar-refractivity contribution >= 4 is 34.5 Å². The van der Waals surface area contributed by atoms with Gasteiger partial charge in [0.05, 0.1) is 23.5 Å².